The Labute approximate surface area is 124 Å². The molecule has 0 radical (unpaired) electrons. The molecule has 1 aromatic rings. The van der Waals surface area contributed by atoms with Gasteiger partial charge in [0.05, 0.1) is 17.8 Å². The van der Waals surface area contributed by atoms with E-state index in [-0.39, 0.29) is 12.1 Å². The lowest BCUT2D eigenvalue weighted by Crippen LogP contribution is -2.44. The first-order chi connectivity index (χ1) is 10.1. The van der Waals surface area contributed by atoms with Gasteiger partial charge in [-0.1, -0.05) is 19.3 Å². The van der Waals surface area contributed by atoms with Crippen LogP contribution in [0.4, 0.5) is 10.5 Å². The van der Waals surface area contributed by atoms with Gasteiger partial charge in [0.2, 0.25) is 0 Å². The predicted molar refractivity (Wildman–Crippen MR) is 79.1 cm³/mol. The van der Waals surface area contributed by atoms with Crippen LogP contribution in [0.1, 0.15) is 37.8 Å². The molecule has 0 spiro atoms. The number of hydrogen-bond acceptors (Lipinski definition) is 3. The van der Waals surface area contributed by atoms with Gasteiger partial charge in [-0.2, -0.15) is 0 Å². The van der Waals surface area contributed by atoms with Crippen molar-refractivity contribution in [1.82, 2.24) is 10.3 Å². The summed E-state index contributed by atoms with van der Waals surface area (Å²) in [6.07, 6.45) is 5.77. The van der Waals surface area contributed by atoms with Crippen LogP contribution in [0.3, 0.4) is 0 Å². The fourth-order valence-electron chi connectivity index (χ4n) is 2.65. The number of carboxylic acid groups (broad SMARTS) is 1. The molecule has 2 atom stereocenters. The van der Waals surface area contributed by atoms with Gasteiger partial charge in [0, 0.05) is 11.7 Å². The lowest BCUT2D eigenvalue weighted by Gasteiger charge is -2.23. The number of nitrogens with zero attached hydrogens (tertiary/aromatic N) is 1. The van der Waals surface area contributed by atoms with Crippen LogP contribution in [0.5, 0.6) is 0 Å². The first-order valence-corrected chi connectivity index (χ1v) is 7.29. The van der Waals surface area contributed by atoms with E-state index in [1.165, 1.54) is 0 Å². The van der Waals surface area contributed by atoms with E-state index in [1.54, 1.807) is 18.3 Å². The van der Waals surface area contributed by atoms with Gasteiger partial charge in [0.1, 0.15) is 0 Å². The maximum Gasteiger partial charge on any atom is 0.319 e. The highest BCUT2D eigenvalue weighted by molar-refractivity contribution is 5.89. The van der Waals surface area contributed by atoms with Crippen molar-refractivity contribution in [3.63, 3.8) is 0 Å². The zero-order chi connectivity index (χ0) is 15.2. The summed E-state index contributed by atoms with van der Waals surface area (Å²) in [5.74, 6) is -1.34. The Morgan fingerprint density at radius 2 is 2.00 bits per heavy atom. The maximum absolute atomic E-state index is 12.0. The highest BCUT2D eigenvalue weighted by Crippen LogP contribution is 2.24. The third-order valence-electron chi connectivity index (χ3n) is 3.82. The zero-order valence-corrected chi connectivity index (χ0v) is 12.1. The van der Waals surface area contributed by atoms with Crippen LogP contribution in [0.2, 0.25) is 0 Å². The van der Waals surface area contributed by atoms with Crippen LogP contribution >= 0.6 is 0 Å². The number of carboxylic acids is 1. The van der Waals surface area contributed by atoms with E-state index in [9.17, 15) is 14.7 Å². The molecule has 0 aliphatic heterocycles. The molecule has 114 valence electrons. The number of rotatable bonds is 3. The van der Waals surface area contributed by atoms with Gasteiger partial charge in [0.15, 0.2) is 0 Å². The molecule has 1 saturated carbocycles. The van der Waals surface area contributed by atoms with Gasteiger partial charge in [-0.3, -0.25) is 9.78 Å². The average Bonchev–Trinajstić information content (AvgIpc) is 2.67. The molecule has 2 rings (SSSR count). The molecule has 1 aliphatic rings. The van der Waals surface area contributed by atoms with Crippen molar-refractivity contribution in [1.29, 1.82) is 0 Å². The van der Waals surface area contributed by atoms with Crippen LogP contribution in [0.25, 0.3) is 0 Å². The number of aliphatic carboxylic acids is 1. The molecule has 1 heterocycles. The normalized spacial score (nSPS) is 22.1. The Morgan fingerprint density at radius 1 is 1.24 bits per heavy atom. The summed E-state index contributed by atoms with van der Waals surface area (Å²) in [6.45, 7) is 1.87. The smallest absolute Gasteiger partial charge is 0.319 e. The summed E-state index contributed by atoms with van der Waals surface area (Å²) in [5, 5.41) is 14.8. The molecule has 3 N–H and O–H groups in total. The summed E-state index contributed by atoms with van der Waals surface area (Å²) in [6, 6.07) is 2.88. The topological polar surface area (TPSA) is 91.3 Å². The number of carbonyl (C=O) groups excluding carboxylic acids is 1. The summed E-state index contributed by atoms with van der Waals surface area (Å²) in [7, 11) is 0. The second-order valence-electron chi connectivity index (χ2n) is 5.48. The molecule has 1 aromatic heterocycles. The van der Waals surface area contributed by atoms with Crippen LogP contribution in [-0.4, -0.2) is 28.1 Å². The molecule has 0 aromatic carbocycles. The average molecular weight is 291 g/mol. The van der Waals surface area contributed by atoms with Gasteiger partial charge >= 0.3 is 12.0 Å². The second kappa shape index (κ2) is 7.06. The highest BCUT2D eigenvalue weighted by Gasteiger charge is 2.30. The fourth-order valence-corrected chi connectivity index (χ4v) is 2.65. The minimum absolute atomic E-state index is 0.316. The van der Waals surface area contributed by atoms with Gasteiger partial charge < -0.3 is 15.7 Å². The molecule has 6 nitrogen and oxygen atoms in total. The number of amides is 2. The Morgan fingerprint density at radius 3 is 2.67 bits per heavy atom. The van der Waals surface area contributed by atoms with Gasteiger partial charge in [-0.15, -0.1) is 0 Å². The van der Waals surface area contributed by atoms with E-state index in [2.05, 4.69) is 15.6 Å². The largest absolute Gasteiger partial charge is 0.481 e. The summed E-state index contributed by atoms with van der Waals surface area (Å²) in [4.78, 5) is 27.4. The number of nitrogens with one attached hydrogen (secondary N) is 2. The number of anilines is 1. The summed E-state index contributed by atoms with van der Waals surface area (Å²) in [5.41, 5.74) is 1.47. The molecule has 2 unspecified atom stereocenters. The van der Waals surface area contributed by atoms with Gasteiger partial charge in [0.25, 0.3) is 0 Å². The van der Waals surface area contributed by atoms with Crippen molar-refractivity contribution in [3.05, 3.63) is 24.0 Å². The number of urea groups is 1. The first kappa shape index (κ1) is 15.3. The second-order valence-corrected chi connectivity index (χ2v) is 5.48. The SMILES string of the molecule is Cc1ccc(NC(=O)NC2CCCCCC2C(=O)O)cn1. The molecule has 2 amide bonds. The molecule has 0 saturated heterocycles. The number of aryl methyl sites for hydroxylation is 1. The minimum Gasteiger partial charge on any atom is -0.481 e. The van der Waals surface area contributed by atoms with Gasteiger partial charge in [-0.25, -0.2) is 4.79 Å². The van der Waals surface area contributed by atoms with Crippen LogP contribution in [0, 0.1) is 12.8 Å². The quantitative estimate of drug-likeness (QED) is 0.746. The fraction of sp³-hybridized carbons (Fsp3) is 0.533. The Balaban J connectivity index is 1.96. The lowest BCUT2D eigenvalue weighted by molar-refractivity contribution is -0.142. The number of hydrogen-bond donors (Lipinski definition) is 3. The molecule has 0 bridgehead atoms. The van der Waals surface area contributed by atoms with Crippen LogP contribution in [-0.2, 0) is 4.79 Å². The number of pyridine rings is 1. The minimum atomic E-state index is -0.834. The van der Waals surface area contributed by atoms with Crippen LogP contribution in [0.15, 0.2) is 18.3 Å². The molecule has 6 heteroatoms. The van der Waals surface area contributed by atoms with E-state index >= 15 is 0 Å². The Hall–Kier alpha value is -2.11. The molecule has 1 aliphatic carbocycles. The van der Waals surface area contributed by atoms with Crippen molar-refractivity contribution in [2.75, 3.05) is 5.32 Å². The highest BCUT2D eigenvalue weighted by atomic mass is 16.4. The lowest BCUT2D eigenvalue weighted by atomic mass is 9.95. The predicted octanol–water partition coefficient (Wildman–Crippen LogP) is 2.55. The summed E-state index contributed by atoms with van der Waals surface area (Å²) >= 11 is 0. The van der Waals surface area contributed by atoms with E-state index < -0.39 is 11.9 Å². The Kier molecular flexibility index (Phi) is 5.14. The monoisotopic (exact) mass is 291 g/mol. The first-order valence-electron chi connectivity index (χ1n) is 7.29. The standard InChI is InChI=1S/C15H21N3O3/c1-10-7-8-11(9-16-10)17-15(21)18-13-6-4-2-3-5-12(13)14(19)20/h7-9,12-13H,2-6H2,1H3,(H,19,20)(H2,17,18,21). The van der Waals surface area contributed by atoms with E-state index in [4.69, 9.17) is 0 Å². The third kappa shape index (κ3) is 4.44. The van der Waals surface area contributed by atoms with Crippen molar-refractivity contribution in [2.24, 2.45) is 5.92 Å². The molecular formula is C15H21N3O3. The van der Waals surface area contributed by atoms with Crippen molar-refractivity contribution in [3.8, 4) is 0 Å². The van der Waals surface area contributed by atoms with Crippen molar-refractivity contribution < 1.29 is 14.7 Å². The van der Waals surface area contributed by atoms with E-state index in [1.807, 2.05) is 6.92 Å². The van der Waals surface area contributed by atoms with Crippen LogP contribution < -0.4 is 10.6 Å². The Bertz CT molecular complexity index is 501. The number of aromatic nitrogens is 1. The number of carbonyl (C=O) groups is 2. The van der Waals surface area contributed by atoms with Crippen molar-refractivity contribution in [2.45, 2.75) is 45.1 Å². The maximum atomic E-state index is 12.0. The third-order valence-corrected chi connectivity index (χ3v) is 3.82. The summed E-state index contributed by atoms with van der Waals surface area (Å²) < 4.78 is 0. The van der Waals surface area contributed by atoms with Crippen molar-refractivity contribution >= 4 is 17.7 Å². The molecule has 21 heavy (non-hydrogen) atoms. The molecule has 1 fully saturated rings. The van der Waals surface area contributed by atoms with E-state index in [0.717, 1.165) is 25.0 Å². The van der Waals surface area contributed by atoms with Gasteiger partial charge in [-0.05, 0) is 31.9 Å². The molecular weight excluding hydrogens is 270 g/mol. The zero-order valence-electron chi connectivity index (χ0n) is 12.1. The van der Waals surface area contributed by atoms with E-state index in [0.29, 0.717) is 18.5 Å².